The van der Waals surface area contributed by atoms with E-state index in [2.05, 4.69) is 34.3 Å². The molecule has 1 aromatic carbocycles. The Morgan fingerprint density at radius 1 is 1.25 bits per heavy atom. The molecule has 0 fully saturated rings. The summed E-state index contributed by atoms with van der Waals surface area (Å²) in [7, 11) is 1.96. The van der Waals surface area contributed by atoms with Crippen LogP contribution in [0.1, 0.15) is 23.0 Å². The molecule has 3 aromatic rings. The van der Waals surface area contributed by atoms with Gasteiger partial charge in [-0.1, -0.05) is 12.1 Å². The summed E-state index contributed by atoms with van der Waals surface area (Å²) in [5, 5.41) is 5.49. The molecule has 0 radical (unpaired) electrons. The van der Waals surface area contributed by atoms with Gasteiger partial charge in [0.05, 0.1) is 11.2 Å². The number of rotatable bonds is 3. The Balaban J connectivity index is 1.88. The Morgan fingerprint density at radius 2 is 2.10 bits per heavy atom. The van der Waals surface area contributed by atoms with Crippen molar-refractivity contribution in [1.29, 1.82) is 0 Å². The van der Waals surface area contributed by atoms with E-state index in [-0.39, 0.29) is 6.04 Å². The SMILES string of the molecule is Cc1cc(CC(N)c2ccc3ncccc3c2)n(C)n1. The van der Waals surface area contributed by atoms with Crippen LogP contribution in [0, 0.1) is 6.92 Å². The highest BCUT2D eigenvalue weighted by Gasteiger charge is 2.11. The van der Waals surface area contributed by atoms with Crippen molar-refractivity contribution >= 4 is 10.9 Å². The van der Waals surface area contributed by atoms with Crippen molar-refractivity contribution in [3.05, 3.63) is 59.5 Å². The van der Waals surface area contributed by atoms with Crippen LogP contribution in [0.3, 0.4) is 0 Å². The number of aromatic nitrogens is 3. The van der Waals surface area contributed by atoms with E-state index in [1.165, 1.54) is 0 Å². The highest BCUT2D eigenvalue weighted by Crippen LogP contribution is 2.20. The largest absolute Gasteiger partial charge is 0.324 e. The number of fused-ring (bicyclic) bond motifs is 1. The summed E-state index contributed by atoms with van der Waals surface area (Å²) in [6.07, 6.45) is 2.59. The standard InChI is InChI=1S/C16H18N4/c1-11-8-14(20(2)19-11)10-15(17)12-5-6-16-13(9-12)4-3-7-18-16/h3-9,15H,10,17H2,1-2H3. The maximum atomic E-state index is 6.33. The zero-order chi connectivity index (χ0) is 14.1. The van der Waals surface area contributed by atoms with Crippen LogP contribution in [-0.2, 0) is 13.5 Å². The molecule has 0 aliphatic heterocycles. The highest BCUT2D eigenvalue weighted by atomic mass is 15.3. The van der Waals surface area contributed by atoms with Gasteiger partial charge in [-0.25, -0.2) is 0 Å². The zero-order valence-corrected chi connectivity index (χ0v) is 11.7. The molecule has 0 amide bonds. The van der Waals surface area contributed by atoms with Crippen molar-refractivity contribution < 1.29 is 0 Å². The molecule has 0 saturated carbocycles. The second kappa shape index (κ2) is 5.06. The molecule has 4 nitrogen and oxygen atoms in total. The van der Waals surface area contributed by atoms with Gasteiger partial charge >= 0.3 is 0 Å². The zero-order valence-electron chi connectivity index (χ0n) is 11.7. The van der Waals surface area contributed by atoms with Gasteiger partial charge in [-0.2, -0.15) is 5.10 Å². The van der Waals surface area contributed by atoms with Gasteiger partial charge in [0.2, 0.25) is 0 Å². The van der Waals surface area contributed by atoms with Crippen LogP contribution in [0.5, 0.6) is 0 Å². The van der Waals surface area contributed by atoms with Gasteiger partial charge in [-0.05, 0) is 36.8 Å². The minimum atomic E-state index is -0.0330. The lowest BCUT2D eigenvalue weighted by atomic mass is 10.0. The summed E-state index contributed by atoms with van der Waals surface area (Å²) < 4.78 is 1.90. The lowest BCUT2D eigenvalue weighted by molar-refractivity contribution is 0.640. The molecule has 3 rings (SSSR count). The first-order valence-corrected chi connectivity index (χ1v) is 6.73. The maximum Gasteiger partial charge on any atom is 0.0702 e. The topological polar surface area (TPSA) is 56.7 Å². The summed E-state index contributed by atoms with van der Waals surface area (Å²) in [6.45, 7) is 2.00. The average molecular weight is 266 g/mol. The van der Waals surface area contributed by atoms with Gasteiger partial charge in [-0.3, -0.25) is 9.67 Å². The third kappa shape index (κ3) is 2.42. The Labute approximate surface area is 118 Å². The second-order valence-electron chi connectivity index (χ2n) is 5.17. The molecule has 0 aliphatic rings. The summed E-state index contributed by atoms with van der Waals surface area (Å²) in [4.78, 5) is 4.33. The number of hydrogen-bond donors (Lipinski definition) is 1. The quantitative estimate of drug-likeness (QED) is 0.792. The predicted octanol–water partition coefficient (Wildman–Crippen LogP) is 2.52. The van der Waals surface area contributed by atoms with Crippen molar-refractivity contribution in [3.63, 3.8) is 0 Å². The molecule has 2 aromatic heterocycles. The Hall–Kier alpha value is -2.20. The van der Waals surface area contributed by atoms with Crippen LogP contribution in [0.15, 0.2) is 42.6 Å². The molecular formula is C16H18N4. The van der Waals surface area contributed by atoms with Crippen molar-refractivity contribution in [2.75, 3.05) is 0 Å². The van der Waals surface area contributed by atoms with Crippen molar-refractivity contribution in [2.24, 2.45) is 12.8 Å². The van der Waals surface area contributed by atoms with Gasteiger partial charge in [0, 0.05) is 36.8 Å². The molecular weight excluding hydrogens is 248 g/mol. The summed E-state index contributed by atoms with van der Waals surface area (Å²) >= 11 is 0. The van der Waals surface area contributed by atoms with Crippen LogP contribution < -0.4 is 5.73 Å². The lowest BCUT2D eigenvalue weighted by Crippen LogP contribution is -2.15. The molecule has 0 spiro atoms. The van der Waals surface area contributed by atoms with Gasteiger partial charge < -0.3 is 5.73 Å². The number of benzene rings is 1. The Morgan fingerprint density at radius 3 is 2.85 bits per heavy atom. The molecule has 102 valence electrons. The van der Waals surface area contributed by atoms with E-state index in [1.807, 2.05) is 30.8 Å². The predicted molar refractivity (Wildman–Crippen MR) is 80.3 cm³/mol. The van der Waals surface area contributed by atoms with E-state index >= 15 is 0 Å². The van der Waals surface area contributed by atoms with E-state index in [0.29, 0.717) is 0 Å². The highest BCUT2D eigenvalue weighted by molar-refractivity contribution is 5.79. The number of aryl methyl sites for hydroxylation is 2. The monoisotopic (exact) mass is 266 g/mol. The first-order valence-electron chi connectivity index (χ1n) is 6.73. The second-order valence-corrected chi connectivity index (χ2v) is 5.17. The van der Waals surface area contributed by atoms with E-state index in [9.17, 15) is 0 Å². The van der Waals surface area contributed by atoms with Crippen LogP contribution in [0.25, 0.3) is 10.9 Å². The van der Waals surface area contributed by atoms with Crippen LogP contribution in [0.4, 0.5) is 0 Å². The molecule has 0 aliphatic carbocycles. The third-order valence-electron chi connectivity index (χ3n) is 3.58. The van der Waals surface area contributed by atoms with Gasteiger partial charge in [0.1, 0.15) is 0 Å². The number of nitrogens with two attached hydrogens (primary N) is 1. The van der Waals surface area contributed by atoms with Crippen LogP contribution in [0.2, 0.25) is 0 Å². The summed E-state index contributed by atoms with van der Waals surface area (Å²) in [6, 6.07) is 12.3. The molecule has 2 heterocycles. The van der Waals surface area contributed by atoms with E-state index in [0.717, 1.165) is 34.3 Å². The molecule has 2 N–H and O–H groups in total. The van der Waals surface area contributed by atoms with Crippen molar-refractivity contribution in [1.82, 2.24) is 14.8 Å². The van der Waals surface area contributed by atoms with Gasteiger partial charge in [-0.15, -0.1) is 0 Å². The average Bonchev–Trinajstić information content (AvgIpc) is 2.76. The fraction of sp³-hybridized carbons (Fsp3) is 0.250. The smallest absolute Gasteiger partial charge is 0.0702 e. The van der Waals surface area contributed by atoms with E-state index < -0.39 is 0 Å². The van der Waals surface area contributed by atoms with E-state index in [1.54, 1.807) is 6.20 Å². The van der Waals surface area contributed by atoms with Crippen LogP contribution >= 0.6 is 0 Å². The summed E-state index contributed by atoms with van der Waals surface area (Å²) in [5.41, 5.74) is 10.6. The molecule has 0 bridgehead atoms. The van der Waals surface area contributed by atoms with Gasteiger partial charge in [0.15, 0.2) is 0 Å². The number of nitrogens with zero attached hydrogens (tertiary/aromatic N) is 3. The molecule has 0 saturated heterocycles. The molecule has 1 unspecified atom stereocenters. The fourth-order valence-electron chi connectivity index (χ4n) is 2.52. The van der Waals surface area contributed by atoms with Crippen molar-refractivity contribution in [2.45, 2.75) is 19.4 Å². The third-order valence-corrected chi connectivity index (χ3v) is 3.58. The first kappa shape index (κ1) is 12.8. The molecule has 20 heavy (non-hydrogen) atoms. The number of hydrogen-bond acceptors (Lipinski definition) is 3. The first-order chi connectivity index (χ1) is 9.63. The molecule has 1 atom stereocenters. The number of pyridine rings is 1. The lowest BCUT2D eigenvalue weighted by Gasteiger charge is -2.13. The van der Waals surface area contributed by atoms with Crippen molar-refractivity contribution in [3.8, 4) is 0 Å². The minimum Gasteiger partial charge on any atom is -0.324 e. The fourth-order valence-corrected chi connectivity index (χ4v) is 2.52. The van der Waals surface area contributed by atoms with E-state index in [4.69, 9.17) is 5.73 Å². The van der Waals surface area contributed by atoms with Crippen LogP contribution in [-0.4, -0.2) is 14.8 Å². The summed E-state index contributed by atoms with van der Waals surface area (Å²) in [5.74, 6) is 0. The Bertz CT molecular complexity index is 745. The molecule has 4 heteroatoms. The normalized spacial score (nSPS) is 12.8. The Kier molecular flexibility index (Phi) is 3.24. The maximum absolute atomic E-state index is 6.33. The minimum absolute atomic E-state index is 0.0330. The van der Waals surface area contributed by atoms with Gasteiger partial charge in [0.25, 0.3) is 0 Å².